The molecule has 0 aliphatic carbocycles. The summed E-state index contributed by atoms with van der Waals surface area (Å²) in [6.07, 6.45) is 0.222. The van der Waals surface area contributed by atoms with Crippen molar-refractivity contribution in [3.63, 3.8) is 0 Å². The first kappa shape index (κ1) is 8.74. The molecule has 2 amide bonds. The Bertz CT molecular complexity index is 166. The number of hydrogen-bond donors (Lipinski definition) is 1. The first-order chi connectivity index (χ1) is 4.63. The van der Waals surface area contributed by atoms with E-state index in [1.165, 1.54) is 0 Å². The van der Waals surface area contributed by atoms with E-state index in [0.717, 1.165) is 0 Å². The van der Waals surface area contributed by atoms with Gasteiger partial charge in [0.2, 0.25) is 5.91 Å². The lowest BCUT2D eigenvalue weighted by molar-refractivity contribution is -0.131. The van der Waals surface area contributed by atoms with Crippen LogP contribution in [0.4, 0.5) is 0 Å². The Labute approximate surface area is 57.6 Å². The molecule has 0 bridgehead atoms. The minimum absolute atomic E-state index is 0.222. The number of hydrogen-bond acceptors (Lipinski definition) is 3. The van der Waals surface area contributed by atoms with Gasteiger partial charge >= 0.3 is 0 Å². The van der Waals surface area contributed by atoms with Gasteiger partial charge in [0, 0.05) is 5.18 Å². The van der Waals surface area contributed by atoms with Gasteiger partial charge in [-0.25, -0.2) is 0 Å². The van der Waals surface area contributed by atoms with E-state index >= 15 is 0 Å². The van der Waals surface area contributed by atoms with Crippen LogP contribution in [-0.2, 0) is 9.59 Å². The molecule has 56 valence electrons. The fraction of sp³-hybridized carbons (Fsp3) is 0.600. The first-order valence-corrected chi connectivity index (χ1v) is 2.80. The van der Waals surface area contributed by atoms with Crippen molar-refractivity contribution in [2.45, 2.75) is 13.3 Å². The monoisotopic (exact) mass is 144 g/mol. The zero-order chi connectivity index (χ0) is 8.15. The van der Waals surface area contributed by atoms with Crippen molar-refractivity contribution in [3.8, 4) is 0 Å². The highest BCUT2D eigenvalue weighted by molar-refractivity contribution is 5.99. The largest absolute Gasteiger partial charge is 0.369 e. The maximum absolute atomic E-state index is 10.4. The van der Waals surface area contributed by atoms with Gasteiger partial charge in [-0.05, 0) is 6.42 Å². The number of amides is 2. The summed E-state index contributed by atoms with van der Waals surface area (Å²) < 4.78 is 0. The number of nitrogens with zero attached hydrogens (tertiary/aromatic N) is 1. The second kappa shape index (κ2) is 3.71. The predicted octanol–water partition coefficient (Wildman–Crippen LogP) is -0.209. The molecule has 0 rings (SSSR count). The van der Waals surface area contributed by atoms with Gasteiger partial charge in [-0.3, -0.25) is 9.59 Å². The minimum atomic E-state index is -1.04. The molecule has 0 radical (unpaired) electrons. The summed E-state index contributed by atoms with van der Waals surface area (Å²) >= 11 is 0. The summed E-state index contributed by atoms with van der Waals surface area (Å²) in [6, 6.07) is 0. The number of nitrogens with two attached hydrogens (primary N) is 1. The molecule has 10 heavy (non-hydrogen) atoms. The van der Waals surface area contributed by atoms with Crippen molar-refractivity contribution < 1.29 is 9.59 Å². The topological polar surface area (TPSA) is 89.6 Å². The SMILES string of the molecule is CCC(C(N)=O)C(=O)N=O. The van der Waals surface area contributed by atoms with Crippen LogP contribution >= 0.6 is 0 Å². The van der Waals surface area contributed by atoms with Gasteiger partial charge in [-0.2, -0.15) is 0 Å². The van der Waals surface area contributed by atoms with E-state index in [-0.39, 0.29) is 6.42 Å². The molecule has 1 unspecified atom stereocenters. The molecule has 0 aromatic heterocycles. The molecule has 5 heteroatoms. The van der Waals surface area contributed by atoms with E-state index in [1.807, 2.05) is 0 Å². The maximum atomic E-state index is 10.4. The first-order valence-electron chi connectivity index (χ1n) is 2.80. The zero-order valence-electron chi connectivity index (χ0n) is 5.53. The van der Waals surface area contributed by atoms with Crippen LogP contribution in [0.5, 0.6) is 0 Å². The van der Waals surface area contributed by atoms with E-state index < -0.39 is 17.7 Å². The average Bonchev–Trinajstić information content (AvgIpc) is 1.88. The maximum Gasteiger partial charge on any atom is 0.298 e. The van der Waals surface area contributed by atoms with Crippen molar-refractivity contribution in [1.29, 1.82) is 0 Å². The summed E-state index contributed by atoms with van der Waals surface area (Å²) in [7, 11) is 0. The van der Waals surface area contributed by atoms with E-state index in [1.54, 1.807) is 6.92 Å². The van der Waals surface area contributed by atoms with Gasteiger partial charge in [-0.1, -0.05) is 6.92 Å². The summed E-state index contributed by atoms with van der Waals surface area (Å²) in [4.78, 5) is 30.3. The summed E-state index contributed by atoms with van der Waals surface area (Å²) in [6.45, 7) is 1.58. The number of rotatable bonds is 3. The normalized spacial score (nSPS) is 12.1. The Morgan fingerprint density at radius 1 is 1.60 bits per heavy atom. The second-order valence-electron chi connectivity index (χ2n) is 1.79. The molecule has 0 aromatic carbocycles. The molecule has 0 spiro atoms. The minimum Gasteiger partial charge on any atom is -0.369 e. The van der Waals surface area contributed by atoms with E-state index in [0.29, 0.717) is 0 Å². The lowest BCUT2D eigenvalue weighted by Gasteiger charge is -2.00. The van der Waals surface area contributed by atoms with Crippen LogP contribution in [-0.4, -0.2) is 11.8 Å². The third kappa shape index (κ3) is 1.93. The smallest absolute Gasteiger partial charge is 0.298 e. The van der Waals surface area contributed by atoms with Crippen LogP contribution in [0.15, 0.2) is 5.18 Å². The number of primary amides is 1. The molecule has 0 aliphatic heterocycles. The van der Waals surface area contributed by atoms with Crippen LogP contribution in [0.3, 0.4) is 0 Å². The fourth-order valence-electron chi connectivity index (χ4n) is 0.561. The molecule has 2 N–H and O–H groups in total. The Morgan fingerprint density at radius 2 is 2.10 bits per heavy atom. The summed E-state index contributed by atoms with van der Waals surface area (Å²) in [5, 5.41) is 2.09. The highest BCUT2D eigenvalue weighted by Gasteiger charge is 2.22. The van der Waals surface area contributed by atoms with Crippen molar-refractivity contribution in [2.75, 3.05) is 0 Å². The third-order valence-electron chi connectivity index (χ3n) is 1.14. The van der Waals surface area contributed by atoms with Gasteiger partial charge in [0.25, 0.3) is 5.91 Å². The van der Waals surface area contributed by atoms with Crippen molar-refractivity contribution in [3.05, 3.63) is 4.91 Å². The van der Waals surface area contributed by atoms with Crippen LogP contribution in [0.2, 0.25) is 0 Å². The van der Waals surface area contributed by atoms with Crippen LogP contribution < -0.4 is 5.73 Å². The van der Waals surface area contributed by atoms with Gasteiger partial charge < -0.3 is 5.73 Å². The molecular weight excluding hydrogens is 136 g/mol. The number of carbonyl (C=O) groups is 2. The van der Waals surface area contributed by atoms with Crippen molar-refractivity contribution in [2.24, 2.45) is 16.8 Å². The van der Waals surface area contributed by atoms with Gasteiger partial charge in [0.05, 0.1) is 0 Å². The van der Waals surface area contributed by atoms with E-state index in [2.05, 4.69) is 5.18 Å². The van der Waals surface area contributed by atoms with Crippen LogP contribution in [0.25, 0.3) is 0 Å². The van der Waals surface area contributed by atoms with E-state index in [4.69, 9.17) is 5.73 Å². The summed E-state index contributed by atoms with van der Waals surface area (Å²) in [5.74, 6) is -2.83. The number of carbonyl (C=O) groups excluding carboxylic acids is 2. The highest BCUT2D eigenvalue weighted by atomic mass is 16.3. The lowest BCUT2D eigenvalue weighted by Crippen LogP contribution is -2.28. The molecular formula is C5H8N2O3. The molecule has 0 aromatic rings. The van der Waals surface area contributed by atoms with Crippen molar-refractivity contribution in [1.82, 2.24) is 0 Å². The highest BCUT2D eigenvalue weighted by Crippen LogP contribution is 2.02. The second-order valence-corrected chi connectivity index (χ2v) is 1.79. The Kier molecular flexibility index (Phi) is 3.24. The quantitative estimate of drug-likeness (QED) is 0.439. The zero-order valence-corrected chi connectivity index (χ0v) is 5.53. The summed E-state index contributed by atoms with van der Waals surface area (Å²) in [5.41, 5.74) is 4.77. The molecule has 0 fully saturated rings. The molecule has 0 saturated carbocycles. The molecule has 1 atom stereocenters. The Balaban J connectivity index is 4.20. The third-order valence-corrected chi connectivity index (χ3v) is 1.14. The van der Waals surface area contributed by atoms with Gasteiger partial charge in [-0.15, -0.1) is 4.91 Å². The van der Waals surface area contributed by atoms with Gasteiger partial charge in [0.1, 0.15) is 5.92 Å². The molecule has 0 saturated heterocycles. The lowest BCUT2D eigenvalue weighted by atomic mass is 10.1. The molecule has 0 aliphatic rings. The fourth-order valence-corrected chi connectivity index (χ4v) is 0.561. The molecule has 0 heterocycles. The number of nitroso groups, excluding NO2 is 1. The van der Waals surface area contributed by atoms with Crippen LogP contribution in [0.1, 0.15) is 13.3 Å². The van der Waals surface area contributed by atoms with Gasteiger partial charge in [0.15, 0.2) is 0 Å². The van der Waals surface area contributed by atoms with Crippen molar-refractivity contribution >= 4 is 11.8 Å². The molecule has 5 nitrogen and oxygen atoms in total. The van der Waals surface area contributed by atoms with E-state index in [9.17, 15) is 14.5 Å². The standard InChI is InChI=1S/C5H8N2O3/c1-2-3(4(6)8)5(9)7-10/h3H,2H2,1H3,(H2,6,8). The average molecular weight is 144 g/mol. The van der Waals surface area contributed by atoms with Crippen LogP contribution in [0, 0.1) is 10.8 Å². The Hall–Kier alpha value is -1.26. The predicted molar refractivity (Wildman–Crippen MR) is 33.8 cm³/mol. The Morgan fingerprint density at radius 3 is 2.20 bits per heavy atom.